The van der Waals surface area contributed by atoms with Crippen molar-refractivity contribution in [1.82, 2.24) is 19.4 Å². The van der Waals surface area contributed by atoms with Crippen molar-refractivity contribution in [3.05, 3.63) is 64.1 Å². The molecule has 1 fully saturated rings. The number of nitrogens with zero attached hydrogens (tertiary/aromatic N) is 4. The normalized spacial score (nSPS) is 18.2. The van der Waals surface area contributed by atoms with E-state index in [4.69, 9.17) is 0 Å². The molecule has 1 aliphatic heterocycles. The zero-order valence-corrected chi connectivity index (χ0v) is 19.4. The number of alkyl halides is 2. The summed E-state index contributed by atoms with van der Waals surface area (Å²) in [6, 6.07) is 11.3. The minimum absolute atomic E-state index is 0.0179. The molecule has 0 amide bonds. The molecule has 0 radical (unpaired) electrons. The fourth-order valence-electron chi connectivity index (χ4n) is 4.34. The molecule has 0 bridgehead atoms. The average Bonchev–Trinajstić information content (AvgIpc) is 2.78. The summed E-state index contributed by atoms with van der Waals surface area (Å²) in [4.78, 5) is 23.3. The summed E-state index contributed by atoms with van der Waals surface area (Å²) >= 11 is 0. The Balaban J connectivity index is 1.48. The number of hydrogen-bond acceptors (Lipinski definition) is 5. The third-order valence-corrected chi connectivity index (χ3v) is 6.40. The number of hydrogen-bond donors (Lipinski definition) is 1. The largest absolute Gasteiger partial charge is 0.348 e. The molecule has 3 aromatic rings. The van der Waals surface area contributed by atoms with E-state index < -0.39 is 5.92 Å². The van der Waals surface area contributed by atoms with E-state index in [2.05, 4.69) is 15.3 Å². The van der Waals surface area contributed by atoms with Gasteiger partial charge in [0.2, 0.25) is 5.95 Å². The van der Waals surface area contributed by atoms with E-state index in [-0.39, 0.29) is 30.6 Å². The zero-order chi connectivity index (χ0) is 23.6. The van der Waals surface area contributed by atoms with Crippen molar-refractivity contribution in [1.29, 1.82) is 0 Å². The van der Waals surface area contributed by atoms with Gasteiger partial charge in [0.05, 0.1) is 12.6 Å². The van der Waals surface area contributed by atoms with Crippen molar-refractivity contribution in [2.75, 3.05) is 18.4 Å². The molecule has 1 aromatic carbocycles. The zero-order valence-electron chi connectivity index (χ0n) is 19.4. The second kappa shape index (κ2) is 9.55. The molecule has 176 valence electrons. The Morgan fingerprint density at radius 2 is 1.91 bits per heavy atom. The van der Waals surface area contributed by atoms with Crippen LogP contribution in [-0.4, -0.2) is 38.4 Å². The highest BCUT2D eigenvalue weighted by molar-refractivity contribution is 5.75. The quantitative estimate of drug-likeness (QED) is 0.533. The number of likely N-dealkylation sites (tertiary alicyclic amines) is 1. The van der Waals surface area contributed by atoms with E-state index in [1.807, 2.05) is 49.9 Å². The van der Waals surface area contributed by atoms with Gasteiger partial charge in [-0.2, -0.15) is 4.98 Å². The first-order valence-electron chi connectivity index (χ1n) is 11.6. The van der Waals surface area contributed by atoms with Gasteiger partial charge in [-0.1, -0.05) is 31.2 Å². The molecule has 8 heteroatoms. The first kappa shape index (κ1) is 23.3. The molecule has 0 aliphatic carbocycles. The molecule has 33 heavy (non-hydrogen) atoms. The van der Waals surface area contributed by atoms with E-state index in [1.165, 1.54) is 0 Å². The predicted molar refractivity (Wildman–Crippen MR) is 127 cm³/mol. The Morgan fingerprint density at radius 1 is 1.15 bits per heavy atom. The number of pyridine rings is 1. The van der Waals surface area contributed by atoms with Crippen molar-refractivity contribution in [2.45, 2.75) is 64.6 Å². The Kier molecular flexibility index (Phi) is 6.74. The van der Waals surface area contributed by atoms with Gasteiger partial charge in [-0.05, 0) is 50.4 Å². The molecule has 3 heterocycles. The van der Waals surface area contributed by atoms with Gasteiger partial charge >= 0.3 is 0 Å². The summed E-state index contributed by atoms with van der Waals surface area (Å²) < 4.78 is 29.0. The van der Waals surface area contributed by atoms with Gasteiger partial charge in [-0.15, -0.1) is 0 Å². The van der Waals surface area contributed by atoms with Crippen LogP contribution in [0.3, 0.4) is 0 Å². The molecular weight excluding hydrogens is 424 g/mol. The van der Waals surface area contributed by atoms with E-state index >= 15 is 0 Å². The maximum Gasteiger partial charge on any atom is 0.260 e. The second-order valence-electron chi connectivity index (χ2n) is 9.05. The van der Waals surface area contributed by atoms with Crippen LogP contribution < -0.4 is 10.9 Å². The smallest absolute Gasteiger partial charge is 0.260 e. The lowest BCUT2D eigenvalue weighted by molar-refractivity contribution is -0.0661. The minimum atomic E-state index is -2.59. The number of fused-ring (bicyclic) bond motifs is 1. The number of piperidine rings is 1. The van der Waals surface area contributed by atoms with Crippen molar-refractivity contribution in [3.8, 4) is 0 Å². The number of benzene rings is 1. The Labute approximate surface area is 192 Å². The van der Waals surface area contributed by atoms with E-state index in [0.717, 1.165) is 22.9 Å². The highest BCUT2D eigenvalue weighted by Crippen LogP contribution is 2.28. The maximum atomic E-state index is 13.7. The topological polar surface area (TPSA) is 63.1 Å². The summed E-state index contributed by atoms with van der Waals surface area (Å²) in [5.41, 5.74) is 2.61. The van der Waals surface area contributed by atoms with E-state index in [0.29, 0.717) is 31.1 Å². The van der Waals surface area contributed by atoms with Crippen molar-refractivity contribution >= 4 is 17.0 Å². The number of rotatable bonds is 7. The molecule has 1 saturated heterocycles. The van der Waals surface area contributed by atoms with Gasteiger partial charge in [0.1, 0.15) is 5.65 Å². The molecule has 0 spiro atoms. The van der Waals surface area contributed by atoms with E-state index in [9.17, 15) is 13.6 Å². The molecule has 1 aliphatic rings. The molecule has 2 aromatic heterocycles. The number of aromatic nitrogens is 3. The standard InChI is InChI=1S/C25H31F2N5O/c1-4-17(2)32-22(33)11-10-21-14-28-24(30-23(21)32)29-18(3)20-8-6-19(7-9-20)15-31-13-5-12-25(26,27)16-31/h6-11,14,17-18H,4-5,12-13,15-16H2,1-3H3,(H,28,29,30)/t17-,18-/m0/s1. The van der Waals surface area contributed by atoms with Crippen molar-refractivity contribution in [2.24, 2.45) is 0 Å². The van der Waals surface area contributed by atoms with Gasteiger partial charge in [0.15, 0.2) is 0 Å². The lowest BCUT2D eigenvalue weighted by Crippen LogP contribution is -2.41. The number of halogens is 2. The predicted octanol–water partition coefficient (Wildman–Crippen LogP) is 5.17. The Morgan fingerprint density at radius 3 is 2.61 bits per heavy atom. The summed E-state index contributed by atoms with van der Waals surface area (Å²) in [6.45, 7) is 7.12. The fraction of sp³-hybridized carbons (Fsp3) is 0.480. The third kappa shape index (κ3) is 5.38. The minimum Gasteiger partial charge on any atom is -0.348 e. The maximum absolute atomic E-state index is 13.7. The van der Waals surface area contributed by atoms with Gasteiger partial charge in [-0.3, -0.25) is 14.3 Å². The van der Waals surface area contributed by atoms with Crippen LogP contribution in [-0.2, 0) is 6.54 Å². The molecule has 0 saturated carbocycles. The SMILES string of the molecule is CC[C@H](C)n1c(=O)ccc2cnc(N[C@@H](C)c3ccc(CN4CCCC(F)(F)C4)cc3)nc21. The number of anilines is 1. The summed E-state index contributed by atoms with van der Waals surface area (Å²) in [6.07, 6.45) is 3.06. The van der Waals surface area contributed by atoms with Crippen LogP contribution in [0.1, 0.15) is 63.2 Å². The Hall–Kier alpha value is -2.87. The molecule has 0 unspecified atom stereocenters. The van der Waals surface area contributed by atoms with Gasteiger partial charge < -0.3 is 5.32 Å². The first-order chi connectivity index (χ1) is 15.8. The fourth-order valence-corrected chi connectivity index (χ4v) is 4.34. The van der Waals surface area contributed by atoms with Crippen LogP contribution in [0.15, 0.2) is 47.4 Å². The first-order valence-corrected chi connectivity index (χ1v) is 11.6. The molecule has 4 rings (SSSR count). The van der Waals surface area contributed by atoms with Crippen LogP contribution in [0, 0.1) is 0 Å². The van der Waals surface area contributed by atoms with Gasteiger partial charge in [0.25, 0.3) is 11.5 Å². The van der Waals surface area contributed by atoms with Crippen molar-refractivity contribution in [3.63, 3.8) is 0 Å². The average molecular weight is 456 g/mol. The van der Waals surface area contributed by atoms with Crippen molar-refractivity contribution < 1.29 is 8.78 Å². The molecular formula is C25H31F2N5O. The highest BCUT2D eigenvalue weighted by Gasteiger charge is 2.34. The second-order valence-corrected chi connectivity index (χ2v) is 9.05. The lowest BCUT2D eigenvalue weighted by atomic mass is 10.0. The highest BCUT2D eigenvalue weighted by atomic mass is 19.3. The Bertz CT molecular complexity index is 1160. The van der Waals surface area contributed by atoms with E-state index in [1.54, 1.807) is 22.9 Å². The van der Waals surface area contributed by atoms with Gasteiger partial charge in [-0.25, -0.2) is 13.8 Å². The van der Waals surface area contributed by atoms with Crippen LogP contribution in [0.4, 0.5) is 14.7 Å². The van der Waals surface area contributed by atoms with Crippen LogP contribution in [0.2, 0.25) is 0 Å². The van der Waals surface area contributed by atoms with Crippen LogP contribution in [0.25, 0.3) is 11.0 Å². The third-order valence-electron chi connectivity index (χ3n) is 6.40. The molecule has 6 nitrogen and oxygen atoms in total. The van der Waals surface area contributed by atoms with Crippen LogP contribution in [0.5, 0.6) is 0 Å². The van der Waals surface area contributed by atoms with Crippen LogP contribution >= 0.6 is 0 Å². The number of nitrogens with one attached hydrogen (secondary N) is 1. The summed E-state index contributed by atoms with van der Waals surface area (Å²) in [7, 11) is 0. The lowest BCUT2D eigenvalue weighted by Gasteiger charge is -2.32. The van der Waals surface area contributed by atoms with Gasteiger partial charge in [0, 0.05) is 36.7 Å². The summed E-state index contributed by atoms with van der Waals surface area (Å²) in [5, 5.41) is 4.14. The monoisotopic (exact) mass is 455 g/mol. The molecule has 1 N–H and O–H groups in total. The summed E-state index contributed by atoms with van der Waals surface area (Å²) in [5.74, 6) is -2.13. The molecule has 2 atom stereocenters.